The van der Waals surface area contributed by atoms with E-state index in [1.807, 2.05) is 30.3 Å². The molecule has 0 saturated heterocycles. The van der Waals surface area contributed by atoms with E-state index in [4.69, 9.17) is 39.5 Å². The molecule has 208 valence electrons. The van der Waals surface area contributed by atoms with Gasteiger partial charge in [0.25, 0.3) is 0 Å². The van der Waals surface area contributed by atoms with Gasteiger partial charge >= 0.3 is 0 Å². The van der Waals surface area contributed by atoms with E-state index in [0.29, 0.717) is 10.6 Å². The lowest BCUT2D eigenvalue weighted by atomic mass is 10.0. The first-order valence-electron chi connectivity index (χ1n) is 11.7. The predicted molar refractivity (Wildman–Crippen MR) is 155 cm³/mol. The summed E-state index contributed by atoms with van der Waals surface area (Å²) in [7, 11) is -1.13. The number of anilines is 1. The molecule has 1 atom stereocenters. The Bertz CT molecular complexity index is 1440. The lowest BCUT2D eigenvalue weighted by Gasteiger charge is -2.33. The number of methoxy groups -OCH3 is 1. The molecule has 0 aliphatic rings. The Hall–Kier alpha value is -2.98. The maximum Gasteiger partial charge on any atom is 0.244 e. The fraction of sp³-hybridized carbons (Fsp3) is 0.259. The first kappa shape index (κ1) is 30.6. The topological polar surface area (TPSA) is 96.0 Å². The van der Waals surface area contributed by atoms with E-state index in [9.17, 15) is 18.0 Å². The number of halogens is 3. The maximum atomic E-state index is 14.0. The summed E-state index contributed by atoms with van der Waals surface area (Å²) in [6.07, 6.45) is 1.16. The number of hydrogen-bond acceptors (Lipinski definition) is 5. The average Bonchev–Trinajstić information content (AvgIpc) is 2.90. The number of sulfonamides is 1. The summed E-state index contributed by atoms with van der Waals surface area (Å²) in [5, 5.41) is 3.49. The fourth-order valence-corrected chi connectivity index (χ4v) is 5.34. The number of amides is 2. The van der Waals surface area contributed by atoms with Crippen molar-refractivity contribution >= 4 is 62.3 Å². The standard InChI is InChI=1S/C27H28Cl3N3O5S/c1-31-27(35)24(14-18-7-5-4-6-8-18)32(16-19-9-11-21(29)22(30)13-19)26(34)17-33(39(3,36)37)23-15-20(28)10-12-25(23)38-2/h4-13,15,24H,14,16-17H2,1-3H3,(H,31,35). The fourth-order valence-electron chi connectivity index (χ4n) is 4.01. The summed E-state index contributed by atoms with van der Waals surface area (Å²) < 4.78 is 32.1. The van der Waals surface area contributed by atoms with Crippen LogP contribution in [0.25, 0.3) is 0 Å². The molecular formula is C27H28Cl3N3O5S. The minimum absolute atomic E-state index is 0.0368. The third-order valence-corrected chi connectivity index (χ3v) is 8.04. The van der Waals surface area contributed by atoms with E-state index in [-0.39, 0.29) is 34.4 Å². The number of rotatable bonds is 11. The molecule has 0 bridgehead atoms. The molecule has 39 heavy (non-hydrogen) atoms. The van der Waals surface area contributed by atoms with Crippen LogP contribution < -0.4 is 14.4 Å². The van der Waals surface area contributed by atoms with Crippen molar-refractivity contribution in [2.24, 2.45) is 0 Å². The lowest BCUT2D eigenvalue weighted by Crippen LogP contribution is -2.52. The SMILES string of the molecule is CNC(=O)C(Cc1ccccc1)N(Cc1ccc(Cl)c(Cl)c1)C(=O)CN(c1cc(Cl)ccc1OC)S(C)(=O)=O. The van der Waals surface area contributed by atoms with Gasteiger partial charge < -0.3 is 15.0 Å². The van der Waals surface area contributed by atoms with Gasteiger partial charge in [-0.25, -0.2) is 8.42 Å². The first-order chi connectivity index (χ1) is 18.4. The third kappa shape index (κ3) is 8.02. The molecule has 3 aromatic rings. The number of hydrogen-bond donors (Lipinski definition) is 1. The normalized spacial score (nSPS) is 11.9. The van der Waals surface area contributed by atoms with Gasteiger partial charge in [-0.05, 0) is 41.5 Å². The molecule has 2 amide bonds. The smallest absolute Gasteiger partial charge is 0.244 e. The van der Waals surface area contributed by atoms with Gasteiger partial charge in [0, 0.05) is 25.0 Å². The van der Waals surface area contributed by atoms with Crippen LogP contribution in [0.5, 0.6) is 5.75 Å². The van der Waals surface area contributed by atoms with Gasteiger partial charge in [0.1, 0.15) is 18.3 Å². The van der Waals surface area contributed by atoms with Crippen molar-refractivity contribution in [1.29, 1.82) is 0 Å². The second-order valence-corrected chi connectivity index (χ2v) is 11.8. The van der Waals surface area contributed by atoms with Crippen molar-refractivity contribution in [3.05, 3.63) is 92.9 Å². The zero-order valence-electron chi connectivity index (χ0n) is 21.5. The van der Waals surface area contributed by atoms with E-state index in [1.165, 1.54) is 31.2 Å². The van der Waals surface area contributed by atoms with E-state index < -0.39 is 34.4 Å². The molecule has 0 radical (unpaired) electrons. The molecule has 0 aromatic heterocycles. The summed E-state index contributed by atoms with van der Waals surface area (Å²) in [6, 6.07) is 17.6. The maximum absolute atomic E-state index is 14.0. The largest absolute Gasteiger partial charge is 0.495 e. The number of nitrogens with one attached hydrogen (secondary N) is 1. The predicted octanol–water partition coefficient (Wildman–Crippen LogP) is 4.81. The number of ether oxygens (including phenoxy) is 1. The van der Waals surface area contributed by atoms with Gasteiger partial charge in [-0.1, -0.05) is 71.2 Å². The van der Waals surface area contributed by atoms with Crippen LogP contribution in [0.4, 0.5) is 5.69 Å². The Morgan fingerprint density at radius 3 is 2.23 bits per heavy atom. The van der Waals surface area contributed by atoms with Crippen molar-refractivity contribution < 1.29 is 22.7 Å². The van der Waals surface area contributed by atoms with Crippen LogP contribution in [0.1, 0.15) is 11.1 Å². The van der Waals surface area contributed by atoms with Crippen molar-refractivity contribution in [2.75, 3.05) is 31.3 Å². The highest BCUT2D eigenvalue weighted by atomic mass is 35.5. The molecule has 1 N–H and O–H groups in total. The number of nitrogens with zero attached hydrogens (tertiary/aromatic N) is 2. The molecule has 0 fully saturated rings. The highest BCUT2D eigenvalue weighted by molar-refractivity contribution is 7.92. The van der Waals surface area contributed by atoms with Gasteiger partial charge in [0.2, 0.25) is 21.8 Å². The molecule has 12 heteroatoms. The lowest BCUT2D eigenvalue weighted by molar-refractivity contribution is -0.139. The van der Waals surface area contributed by atoms with Crippen LogP contribution in [-0.2, 0) is 32.6 Å². The number of likely N-dealkylation sites (N-methyl/N-ethyl adjacent to an activating group) is 1. The number of carbonyl (C=O) groups excluding carboxylic acids is 2. The molecular weight excluding hydrogens is 585 g/mol. The van der Waals surface area contributed by atoms with Crippen molar-refractivity contribution in [2.45, 2.75) is 19.0 Å². The van der Waals surface area contributed by atoms with Crippen LogP contribution in [-0.4, -0.2) is 58.1 Å². The molecule has 0 aliphatic carbocycles. The molecule has 0 saturated carbocycles. The van der Waals surface area contributed by atoms with Crippen LogP contribution in [0.2, 0.25) is 15.1 Å². The van der Waals surface area contributed by atoms with Crippen molar-refractivity contribution in [3.8, 4) is 5.75 Å². The van der Waals surface area contributed by atoms with Gasteiger partial charge in [-0.2, -0.15) is 0 Å². The molecule has 0 spiro atoms. The Labute approximate surface area is 243 Å². The van der Waals surface area contributed by atoms with E-state index in [1.54, 1.807) is 24.3 Å². The van der Waals surface area contributed by atoms with Crippen molar-refractivity contribution in [3.63, 3.8) is 0 Å². The number of benzene rings is 3. The molecule has 3 rings (SSSR count). The van der Waals surface area contributed by atoms with Crippen LogP contribution >= 0.6 is 34.8 Å². The molecule has 8 nitrogen and oxygen atoms in total. The van der Waals surface area contributed by atoms with E-state index >= 15 is 0 Å². The van der Waals surface area contributed by atoms with E-state index in [0.717, 1.165) is 16.1 Å². The Morgan fingerprint density at radius 2 is 1.64 bits per heavy atom. The van der Waals surface area contributed by atoms with Gasteiger partial charge in [0.05, 0.1) is 29.1 Å². The van der Waals surface area contributed by atoms with Gasteiger partial charge in [-0.3, -0.25) is 13.9 Å². The van der Waals surface area contributed by atoms with Gasteiger partial charge in [-0.15, -0.1) is 0 Å². The monoisotopic (exact) mass is 611 g/mol. The Morgan fingerprint density at radius 1 is 0.949 bits per heavy atom. The molecule has 0 heterocycles. The summed E-state index contributed by atoms with van der Waals surface area (Å²) in [4.78, 5) is 28.5. The van der Waals surface area contributed by atoms with Gasteiger partial charge in [0.15, 0.2) is 0 Å². The first-order valence-corrected chi connectivity index (χ1v) is 14.7. The van der Waals surface area contributed by atoms with Crippen LogP contribution in [0.3, 0.4) is 0 Å². The minimum atomic E-state index is -3.98. The van der Waals surface area contributed by atoms with E-state index in [2.05, 4.69) is 5.32 Å². The second-order valence-electron chi connectivity index (χ2n) is 8.68. The zero-order chi connectivity index (χ0) is 28.7. The number of carbonyl (C=O) groups is 2. The minimum Gasteiger partial charge on any atom is -0.495 e. The highest BCUT2D eigenvalue weighted by Gasteiger charge is 2.33. The summed E-state index contributed by atoms with van der Waals surface area (Å²) in [5.41, 5.74) is 1.51. The zero-order valence-corrected chi connectivity index (χ0v) is 24.6. The Kier molecular flexibility index (Phi) is 10.5. The highest BCUT2D eigenvalue weighted by Crippen LogP contribution is 2.33. The molecule has 0 aliphatic heterocycles. The third-order valence-electron chi connectivity index (χ3n) is 5.94. The molecule has 3 aromatic carbocycles. The van der Waals surface area contributed by atoms with Crippen LogP contribution in [0, 0.1) is 0 Å². The quantitative estimate of drug-likeness (QED) is 0.335. The summed E-state index contributed by atoms with van der Waals surface area (Å²) >= 11 is 18.5. The summed E-state index contributed by atoms with van der Waals surface area (Å²) in [5.74, 6) is -0.836. The molecule has 1 unspecified atom stereocenters. The van der Waals surface area contributed by atoms with Crippen molar-refractivity contribution in [1.82, 2.24) is 10.2 Å². The average molecular weight is 613 g/mol. The van der Waals surface area contributed by atoms with Crippen LogP contribution in [0.15, 0.2) is 66.7 Å². The Balaban J connectivity index is 2.09. The summed E-state index contributed by atoms with van der Waals surface area (Å²) in [6.45, 7) is -0.649. The second kappa shape index (κ2) is 13.4.